The van der Waals surface area contributed by atoms with Crippen LogP contribution in [0.2, 0.25) is 5.02 Å². The van der Waals surface area contributed by atoms with Crippen LogP contribution in [-0.4, -0.2) is 14.3 Å². The molecule has 0 aromatic heterocycles. The summed E-state index contributed by atoms with van der Waals surface area (Å²) in [4.78, 5) is 12.8. The number of halogens is 1. The maximum absolute atomic E-state index is 12.7. The Morgan fingerprint density at radius 3 is 2.12 bits per heavy atom. The summed E-state index contributed by atoms with van der Waals surface area (Å²) in [6.07, 6.45) is 0. The standard InChI is InChI=1S/C25H27ClN2O3S/c1-17(18-10-13-20(14-11-18)25(2,3)4)27-24(29)19-12-15-23(22(26)16-19)28-32(30,31)21-8-6-5-7-9-21/h5-17,28H,1-4H3,(H,27,29)/t17-/m0/s1. The van der Waals surface area contributed by atoms with Crippen molar-refractivity contribution in [2.45, 2.75) is 44.0 Å². The van der Waals surface area contributed by atoms with E-state index in [0.717, 1.165) is 5.56 Å². The molecule has 3 aromatic rings. The Balaban J connectivity index is 1.71. The molecule has 0 unspecified atom stereocenters. The highest BCUT2D eigenvalue weighted by Gasteiger charge is 2.18. The van der Waals surface area contributed by atoms with Gasteiger partial charge in [0.2, 0.25) is 0 Å². The Labute approximate surface area is 194 Å². The minimum absolute atomic E-state index is 0.0610. The van der Waals surface area contributed by atoms with E-state index in [4.69, 9.17) is 11.6 Å². The molecule has 0 radical (unpaired) electrons. The molecule has 7 heteroatoms. The van der Waals surface area contributed by atoms with Gasteiger partial charge in [-0.3, -0.25) is 9.52 Å². The van der Waals surface area contributed by atoms with E-state index in [1.807, 2.05) is 19.1 Å². The lowest BCUT2D eigenvalue weighted by atomic mass is 9.86. The Morgan fingerprint density at radius 2 is 1.56 bits per heavy atom. The van der Waals surface area contributed by atoms with E-state index in [-0.39, 0.29) is 33.0 Å². The van der Waals surface area contributed by atoms with Gasteiger partial charge in [-0.25, -0.2) is 8.42 Å². The largest absolute Gasteiger partial charge is 0.346 e. The van der Waals surface area contributed by atoms with Crippen molar-refractivity contribution in [1.29, 1.82) is 0 Å². The van der Waals surface area contributed by atoms with Crippen LogP contribution in [0.3, 0.4) is 0 Å². The molecule has 2 N–H and O–H groups in total. The van der Waals surface area contributed by atoms with E-state index in [1.54, 1.807) is 24.3 Å². The van der Waals surface area contributed by atoms with E-state index in [0.29, 0.717) is 5.56 Å². The summed E-state index contributed by atoms with van der Waals surface area (Å²) in [7, 11) is -3.77. The van der Waals surface area contributed by atoms with Crippen LogP contribution in [0.25, 0.3) is 0 Å². The number of amides is 1. The number of nitrogens with one attached hydrogen (secondary N) is 2. The molecule has 32 heavy (non-hydrogen) atoms. The smallest absolute Gasteiger partial charge is 0.261 e. The maximum atomic E-state index is 12.7. The number of hydrogen-bond donors (Lipinski definition) is 2. The second-order valence-electron chi connectivity index (χ2n) is 8.68. The zero-order valence-corrected chi connectivity index (χ0v) is 20.1. The average Bonchev–Trinajstić information content (AvgIpc) is 2.75. The lowest BCUT2D eigenvalue weighted by Crippen LogP contribution is -2.26. The average molecular weight is 471 g/mol. The fourth-order valence-electron chi connectivity index (χ4n) is 3.18. The predicted molar refractivity (Wildman–Crippen MR) is 130 cm³/mol. The van der Waals surface area contributed by atoms with Gasteiger partial charge in [-0.1, -0.05) is 74.8 Å². The van der Waals surface area contributed by atoms with Gasteiger partial charge in [0.15, 0.2) is 0 Å². The van der Waals surface area contributed by atoms with Crippen molar-refractivity contribution in [2.24, 2.45) is 0 Å². The normalized spacial score (nSPS) is 12.8. The minimum Gasteiger partial charge on any atom is -0.346 e. The molecule has 0 heterocycles. The fourth-order valence-corrected chi connectivity index (χ4v) is 4.56. The molecule has 0 aliphatic carbocycles. The second-order valence-corrected chi connectivity index (χ2v) is 10.8. The first-order chi connectivity index (χ1) is 15.0. The molecule has 0 saturated heterocycles. The van der Waals surface area contributed by atoms with Crippen LogP contribution in [0.5, 0.6) is 0 Å². The van der Waals surface area contributed by atoms with Gasteiger partial charge in [0.1, 0.15) is 0 Å². The third-order valence-electron chi connectivity index (χ3n) is 5.15. The molecular formula is C25H27ClN2O3S. The zero-order valence-electron chi connectivity index (χ0n) is 18.5. The van der Waals surface area contributed by atoms with Crippen molar-refractivity contribution in [1.82, 2.24) is 5.32 Å². The number of hydrogen-bond acceptors (Lipinski definition) is 3. The van der Waals surface area contributed by atoms with Crippen molar-refractivity contribution in [3.05, 3.63) is 94.5 Å². The molecule has 1 atom stereocenters. The lowest BCUT2D eigenvalue weighted by Gasteiger charge is -2.21. The van der Waals surface area contributed by atoms with E-state index in [2.05, 4.69) is 42.9 Å². The minimum atomic E-state index is -3.77. The van der Waals surface area contributed by atoms with Gasteiger partial charge in [-0.2, -0.15) is 0 Å². The first-order valence-corrected chi connectivity index (χ1v) is 12.1. The van der Waals surface area contributed by atoms with Crippen LogP contribution >= 0.6 is 11.6 Å². The molecule has 1 amide bonds. The first-order valence-electron chi connectivity index (χ1n) is 10.3. The van der Waals surface area contributed by atoms with Crippen LogP contribution < -0.4 is 10.0 Å². The Hall–Kier alpha value is -2.83. The highest BCUT2D eigenvalue weighted by Crippen LogP contribution is 2.27. The number of carbonyl (C=O) groups excluding carboxylic acids is 1. The molecule has 0 saturated carbocycles. The Morgan fingerprint density at radius 1 is 0.938 bits per heavy atom. The van der Waals surface area contributed by atoms with Gasteiger partial charge in [0.05, 0.1) is 21.6 Å². The van der Waals surface area contributed by atoms with E-state index in [1.165, 1.54) is 29.8 Å². The van der Waals surface area contributed by atoms with Crippen molar-refractivity contribution in [3.63, 3.8) is 0 Å². The van der Waals surface area contributed by atoms with Crippen LogP contribution in [0, 0.1) is 0 Å². The zero-order chi connectivity index (χ0) is 23.5. The molecule has 0 spiro atoms. The van der Waals surface area contributed by atoms with Crippen LogP contribution in [0.15, 0.2) is 77.7 Å². The van der Waals surface area contributed by atoms with Crippen LogP contribution in [0.4, 0.5) is 5.69 Å². The van der Waals surface area contributed by atoms with Crippen molar-refractivity contribution >= 4 is 33.2 Å². The quantitative estimate of drug-likeness (QED) is 0.468. The summed E-state index contributed by atoms with van der Waals surface area (Å²) in [5, 5.41) is 3.09. The molecule has 3 aromatic carbocycles. The summed E-state index contributed by atoms with van der Waals surface area (Å²) in [6.45, 7) is 8.37. The van der Waals surface area contributed by atoms with Gasteiger partial charge in [0, 0.05) is 5.56 Å². The van der Waals surface area contributed by atoms with Gasteiger partial charge >= 0.3 is 0 Å². The monoisotopic (exact) mass is 470 g/mol. The summed E-state index contributed by atoms with van der Waals surface area (Å²) in [5.74, 6) is -0.295. The number of sulfonamides is 1. The topological polar surface area (TPSA) is 75.3 Å². The Bertz CT molecular complexity index is 1200. The number of carbonyl (C=O) groups is 1. The molecule has 0 aliphatic heterocycles. The molecule has 168 valence electrons. The highest BCUT2D eigenvalue weighted by atomic mass is 35.5. The van der Waals surface area contributed by atoms with Crippen molar-refractivity contribution in [3.8, 4) is 0 Å². The van der Waals surface area contributed by atoms with E-state index >= 15 is 0 Å². The molecule has 0 bridgehead atoms. The Kier molecular flexibility index (Phi) is 6.96. The van der Waals surface area contributed by atoms with Gasteiger partial charge < -0.3 is 5.32 Å². The molecule has 0 aliphatic rings. The fraction of sp³-hybridized carbons (Fsp3) is 0.240. The van der Waals surface area contributed by atoms with Crippen LogP contribution in [0.1, 0.15) is 55.2 Å². The number of benzene rings is 3. The molecule has 0 fully saturated rings. The van der Waals surface area contributed by atoms with E-state index < -0.39 is 10.0 Å². The predicted octanol–water partition coefficient (Wildman–Crippen LogP) is 5.93. The number of anilines is 1. The second kappa shape index (κ2) is 9.35. The highest BCUT2D eigenvalue weighted by molar-refractivity contribution is 7.92. The van der Waals surface area contributed by atoms with Crippen molar-refractivity contribution < 1.29 is 13.2 Å². The van der Waals surface area contributed by atoms with Gasteiger partial charge in [-0.05, 0) is 53.8 Å². The summed E-state index contributed by atoms with van der Waals surface area (Å²) in [5.41, 5.74) is 2.82. The van der Waals surface area contributed by atoms with Crippen LogP contribution in [-0.2, 0) is 15.4 Å². The lowest BCUT2D eigenvalue weighted by molar-refractivity contribution is 0.0940. The van der Waals surface area contributed by atoms with Crippen molar-refractivity contribution in [2.75, 3.05) is 4.72 Å². The third kappa shape index (κ3) is 5.69. The van der Waals surface area contributed by atoms with E-state index in [9.17, 15) is 13.2 Å². The summed E-state index contributed by atoms with van der Waals surface area (Å²) < 4.78 is 27.5. The molecule has 5 nitrogen and oxygen atoms in total. The number of rotatable bonds is 6. The molecule has 3 rings (SSSR count). The summed E-state index contributed by atoms with van der Waals surface area (Å²) in [6, 6.07) is 20.5. The van der Waals surface area contributed by atoms with Gasteiger partial charge in [0.25, 0.3) is 15.9 Å². The maximum Gasteiger partial charge on any atom is 0.261 e. The third-order valence-corrected chi connectivity index (χ3v) is 6.85. The van der Waals surface area contributed by atoms with Gasteiger partial charge in [-0.15, -0.1) is 0 Å². The first kappa shape index (κ1) is 23.8. The summed E-state index contributed by atoms with van der Waals surface area (Å²) >= 11 is 6.27. The SMILES string of the molecule is C[C@H](NC(=O)c1ccc(NS(=O)(=O)c2ccccc2)c(Cl)c1)c1ccc(C(C)(C)C)cc1. The molecular weight excluding hydrogens is 444 g/mol.